The van der Waals surface area contributed by atoms with E-state index in [1.54, 1.807) is 19.2 Å². The summed E-state index contributed by atoms with van der Waals surface area (Å²) in [6.07, 6.45) is 5.88. The van der Waals surface area contributed by atoms with E-state index in [0.29, 0.717) is 99.6 Å². The van der Waals surface area contributed by atoms with Gasteiger partial charge in [0.2, 0.25) is 5.60 Å². The van der Waals surface area contributed by atoms with Crippen LogP contribution in [-0.4, -0.2) is 134 Å². The Balaban J connectivity index is 1.08. The predicted molar refractivity (Wildman–Crippen MR) is 279 cm³/mol. The second kappa shape index (κ2) is 18.3. The van der Waals surface area contributed by atoms with Crippen LogP contribution in [0.5, 0.6) is 17.2 Å². The largest absolute Gasteiger partial charge is 0.496 e. The van der Waals surface area contributed by atoms with Gasteiger partial charge in [-0.15, -0.1) is 0 Å². The van der Waals surface area contributed by atoms with Gasteiger partial charge >= 0.3 is 17.9 Å². The van der Waals surface area contributed by atoms with E-state index in [2.05, 4.69) is 51.3 Å². The van der Waals surface area contributed by atoms with Gasteiger partial charge in [-0.2, -0.15) is 0 Å². The first-order valence-electron chi connectivity index (χ1n) is 26.1. The second-order valence-corrected chi connectivity index (χ2v) is 21.7. The molecule has 15 nitrogen and oxygen atoms in total. The SMILES string of the molecule is CC[C@]1(NC(=O)c2ccc(Oc3ccccc3)cc2)C[C@H]2CN(CCc3c([nH]c4ccccc34)[C@@](C(=O)OC)(c3cc4c(cc3OC)N(C)[C@H]3[C@@](O)(C(=O)OC)[C@H](OC(C)=O)[C@]5(CC)C=CCN6CC[C@]43[C@@H]65)C2)C1. The minimum atomic E-state index is -2.34. The molecule has 4 aromatic carbocycles. The maximum atomic E-state index is 15.8. The van der Waals surface area contributed by atoms with Crippen molar-refractivity contribution in [2.45, 2.75) is 99.5 Å². The molecule has 1 amide bonds. The van der Waals surface area contributed by atoms with Crippen molar-refractivity contribution < 1.29 is 48.0 Å². The average Bonchev–Trinajstić information content (AvgIpc) is 4.16. The fourth-order valence-corrected chi connectivity index (χ4v) is 15.3. The molecule has 6 aliphatic rings. The Morgan fingerprint density at radius 3 is 2.27 bits per heavy atom. The lowest BCUT2D eigenvalue weighted by Gasteiger charge is -2.63. The number of methoxy groups -OCH3 is 3. The van der Waals surface area contributed by atoms with Crippen LogP contribution in [0.2, 0.25) is 0 Å². The van der Waals surface area contributed by atoms with Gasteiger partial charge in [0.15, 0.2) is 6.10 Å². The summed E-state index contributed by atoms with van der Waals surface area (Å²) in [7, 11) is 6.16. The van der Waals surface area contributed by atoms with Gasteiger partial charge in [0, 0.05) is 96.5 Å². The minimum absolute atomic E-state index is 0.157. The molecule has 1 aliphatic carbocycles. The summed E-state index contributed by atoms with van der Waals surface area (Å²) >= 11 is 0. The first-order valence-corrected chi connectivity index (χ1v) is 26.1. The van der Waals surface area contributed by atoms with Gasteiger partial charge in [-0.1, -0.05) is 62.4 Å². The quantitative estimate of drug-likeness (QED) is 0.0689. The third-order valence-corrected chi connectivity index (χ3v) is 18.1. The van der Waals surface area contributed by atoms with Crippen LogP contribution in [0, 0.1) is 11.3 Å². The van der Waals surface area contributed by atoms with E-state index in [9.17, 15) is 19.5 Å². The minimum Gasteiger partial charge on any atom is -0.496 e. The Kier molecular flexibility index (Phi) is 12.3. The van der Waals surface area contributed by atoms with Crippen molar-refractivity contribution in [3.63, 3.8) is 0 Å². The van der Waals surface area contributed by atoms with Gasteiger partial charge < -0.3 is 48.9 Å². The molecule has 2 bridgehead atoms. The topological polar surface area (TPSA) is 172 Å². The number of carbonyl (C=O) groups excluding carboxylic acids is 4. The van der Waals surface area contributed by atoms with Gasteiger partial charge in [0.1, 0.15) is 22.7 Å². The number of anilines is 1. The molecule has 3 N–H and O–H groups in total. The van der Waals surface area contributed by atoms with Gasteiger partial charge in [-0.25, -0.2) is 4.79 Å². The average molecular weight is 1010 g/mol. The summed E-state index contributed by atoms with van der Waals surface area (Å²) < 4.78 is 30.4. The van der Waals surface area contributed by atoms with Crippen LogP contribution < -0.4 is 19.7 Å². The molecule has 5 aromatic rings. The zero-order valence-electron chi connectivity index (χ0n) is 43.4. The molecule has 1 unspecified atom stereocenters. The van der Waals surface area contributed by atoms with E-state index in [1.807, 2.05) is 85.6 Å². The molecule has 3 fully saturated rings. The molecule has 15 heteroatoms. The number of esters is 3. The maximum absolute atomic E-state index is 15.8. The molecule has 2 saturated heterocycles. The van der Waals surface area contributed by atoms with Crippen molar-refractivity contribution >= 4 is 40.4 Å². The Bertz CT molecular complexity index is 3070. The number of aromatic amines is 1. The molecule has 74 heavy (non-hydrogen) atoms. The van der Waals surface area contributed by atoms with Crippen LogP contribution in [0.25, 0.3) is 10.9 Å². The van der Waals surface area contributed by atoms with E-state index in [4.69, 9.17) is 23.7 Å². The van der Waals surface area contributed by atoms with Crippen molar-refractivity contribution in [1.82, 2.24) is 20.1 Å². The molecular formula is C59H67N5O10. The van der Waals surface area contributed by atoms with Gasteiger partial charge in [0.05, 0.1) is 32.9 Å². The van der Waals surface area contributed by atoms with E-state index < -0.39 is 57.4 Å². The number of para-hydroxylation sites is 2. The Hall–Kier alpha value is -6.68. The third kappa shape index (κ3) is 7.16. The number of piperidine rings is 1. The van der Waals surface area contributed by atoms with Crippen LogP contribution in [-0.2, 0) is 45.8 Å². The second-order valence-electron chi connectivity index (χ2n) is 21.7. The number of aromatic nitrogens is 1. The van der Waals surface area contributed by atoms with Crippen molar-refractivity contribution in [3.05, 3.63) is 131 Å². The lowest BCUT2D eigenvalue weighted by Crippen LogP contribution is -2.81. The number of rotatable bonds is 11. The number of nitrogens with zero attached hydrogens (tertiary/aromatic N) is 3. The Morgan fingerprint density at radius 1 is 0.838 bits per heavy atom. The van der Waals surface area contributed by atoms with Crippen LogP contribution in [0.1, 0.15) is 85.6 Å². The zero-order chi connectivity index (χ0) is 52.0. The van der Waals surface area contributed by atoms with Crippen LogP contribution in [0.3, 0.4) is 0 Å². The zero-order valence-corrected chi connectivity index (χ0v) is 43.4. The third-order valence-electron chi connectivity index (χ3n) is 18.1. The Labute approximate surface area is 432 Å². The summed E-state index contributed by atoms with van der Waals surface area (Å²) in [4.78, 5) is 68.6. The van der Waals surface area contributed by atoms with E-state index in [0.717, 1.165) is 33.4 Å². The molecule has 1 aromatic heterocycles. The lowest BCUT2D eigenvalue weighted by molar-refractivity contribution is -0.228. The summed E-state index contributed by atoms with van der Waals surface area (Å²) in [5.74, 6) is -0.563. The maximum Gasteiger partial charge on any atom is 0.344 e. The molecule has 388 valence electrons. The number of likely N-dealkylation sites (N-methyl/N-ethyl adjacent to an activating group) is 1. The number of aliphatic hydroxyl groups is 1. The first kappa shape index (κ1) is 49.5. The van der Waals surface area contributed by atoms with Gasteiger partial charge in [-0.3, -0.25) is 19.3 Å². The number of amides is 1. The Morgan fingerprint density at radius 2 is 1.57 bits per heavy atom. The highest BCUT2D eigenvalue weighted by atomic mass is 16.6. The molecule has 1 saturated carbocycles. The molecule has 1 spiro atoms. The first-order chi connectivity index (χ1) is 35.7. The summed E-state index contributed by atoms with van der Waals surface area (Å²) in [6, 6.07) is 27.6. The van der Waals surface area contributed by atoms with E-state index >= 15 is 4.79 Å². The van der Waals surface area contributed by atoms with Crippen LogP contribution >= 0.6 is 0 Å². The number of hydrogen-bond donors (Lipinski definition) is 3. The van der Waals surface area contributed by atoms with Crippen LogP contribution in [0.15, 0.2) is 103 Å². The highest BCUT2D eigenvalue weighted by Crippen LogP contribution is 2.68. The van der Waals surface area contributed by atoms with Gasteiger partial charge in [0.25, 0.3) is 5.91 Å². The number of H-pyrrole nitrogens is 1. The highest BCUT2D eigenvalue weighted by Gasteiger charge is 2.80. The predicted octanol–water partition coefficient (Wildman–Crippen LogP) is 7.22. The van der Waals surface area contributed by atoms with Crippen molar-refractivity contribution in [2.75, 3.05) is 66.0 Å². The normalized spacial score (nSPS) is 31.6. The summed E-state index contributed by atoms with van der Waals surface area (Å²) in [5.41, 5.74) is -1.20. The molecule has 0 radical (unpaired) electrons. The monoisotopic (exact) mass is 1010 g/mol. The fraction of sp³-hybridized carbons (Fsp3) is 0.458. The standard InChI is InChI=1S/C59H67N5O10/c1-8-55(61-49(66)38-20-22-40(23-21-38)74-39-16-11-10-12-17-39)32-37-33-58(53(67)71-6,48-42(24-28-63(34-37)35-55)41-18-13-14-19-45(41)60-48)44-30-43-46(31-47(44)70-5)62(4)51-57(43)26-29-64-27-15-25-56(9-2,50(57)64)52(73-36(3)65)59(51,69)54(68)72-7/h10-23,25,30-31,37,50-52,60,69H,8-9,24,26-29,32-35H2,1-7H3,(H,61,66)/t37-,50+,51-,52-,55+,56-,57-,58+,59+/m1/s1. The molecule has 10 atom stereocenters. The van der Waals surface area contributed by atoms with Crippen molar-refractivity contribution in [3.8, 4) is 17.2 Å². The molecule has 5 aliphatic heterocycles. The molecule has 6 heterocycles. The van der Waals surface area contributed by atoms with E-state index in [-0.39, 0.29) is 17.9 Å². The summed E-state index contributed by atoms with van der Waals surface area (Å²) in [5, 5.41) is 18.0. The fourth-order valence-electron chi connectivity index (χ4n) is 15.3. The smallest absolute Gasteiger partial charge is 0.344 e. The number of hydrogen-bond acceptors (Lipinski definition) is 13. The molecule has 11 rings (SSSR count). The number of benzene rings is 4. The number of fused-ring (bicyclic) bond motifs is 6. The number of carbonyl (C=O) groups is 4. The molecular weight excluding hydrogens is 939 g/mol. The van der Waals surface area contributed by atoms with E-state index in [1.165, 1.54) is 21.1 Å². The van der Waals surface area contributed by atoms with Crippen molar-refractivity contribution in [2.24, 2.45) is 11.3 Å². The van der Waals surface area contributed by atoms with Crippen LogP contribution in [0.4, 0.5) is 5.69 Å². The highest BCUT2D eigenvalue weighted by molar-refractivity contribution is 5.96. The number of nitrogens with one attached hydrogen (secondary N) is 2. The van der Waals surface area contributed by atoms with Crippen molar-refractivity contribution in [1.29, 1.82) is 0 Å². The summed E-state index contributed by atoms with van der Waals surface area (Å²) in [6.45, 7) is 8.64. The number of ether oxygens (including phenoxy) is 5. The lowest BCUT2D eigenvalue weighted by atomic mass is 9.47. The van der Waals surface area contributed by atoms with Gasteiger partial charge in [-0.05, 0) is 111 Å².